The van der Waals surface area contributed by atoms with Crippen molar-refractivity contribution in [1.29, 1.82) is 0 Å². The molecule has 1 aromatic carbocycles. The van der Waals surface area contributed by atoms with E-state index in [4.69, 9.17) is 16.3 Å². The molecule has 2 aromatic rings. The molecule has 2 heterocycles. The third kappa shape index (κ3) is 4.55. The molecule has 0 aliphatic carbocycles. The number of carbonyl (C=O) groups excluding carboxylic acids is 2. The van der Waals surface area contributed by atoms with Crippen LogP contribution in [-0.4, -0.2) is 48.0 Å². The molecular weight excluding hydrogens is 342 g/mol. The minimum atomic E-state index is -0.327. The smallest absolute Gasteiger partial charge is 0.272 e. The molecule has 0 spiro atoms. The highest BCUT2D eigenvalue weighted by molar-refractivity contribution is 6.30. The Bertz CT molecular complexity index is 758. The van der Waals surface area contributed by atoms with Gasteiger partial charge in [0, 0.05) is 24.7 Å². The summed E-state index contributed by atoms with van der Waals surface area (Å²) in [4.78, 5) is 30.6. The zero-order valence-electron chi connectivity index (χ0n) is 13.6. The fraction of sp³-hybridized carbons (Fsp3) is 0.278. The number of rotatable bonds is 4. The topological polar surface area (TPSA) is 71.5 Å². The maximum Gasteiger partial charge on any atom is 0.272 e. The van der Waals surface area contributed by atoms with E-state index in [-0.39, 0.29) is 23.2 Å². The summed E-state index contributed by atoms with van der Waals surface area (Å²) in [5, 5.41) is 3.44. The van der Waals surface area contributed by atoms with Gasteiger partial charge in [0.25, 0.3) is 11.8 Å². The number of ether oxygens (including phenoxy) is 1. The molecular formula is C18H18ClN3O3. The Balaban J connectivity index is 1.64. The lowest BCUT2D eigenvalue weighted by atomic mass is 10.2. The van der Waals surface area contributed by atoms with Gasteiger partial charge in [-0.3, -0.25) is 9.59 Å². The third-order valence-electron chi connectivity index (χ3n) is 3.87. The SMILES string of the molecule is O=C(NCc1ccc(Cl)cc1)c1cccc(C(=O)N2CCOCC2)n1. The van der Waals surface area contributed by atoms with E-state index in [2.05, 4.69) is 10.3 Å². The number of carbonyl (C=O) groups is 2. The molecule has 1 fully saturated rings. The van der Waals surface area contributed by atoms with Crippen molar-refractivity contribution in [3.05, 3.63) is 64.4 Å². The van der Waals surface area contributed by atoms with Crippen molar-refractivity contribution in [3.63, 3.8) is 0 Å². The van der Waals surface area contributed by atoms with Gasteiger partial charge in [-0.15, -0.1) is 0 Å². The number of hydrogen-bond donors (Lipinski definition) is 1. The second kappa shape index (κ2) is 8.09. The van der Waals surface area contributed by atoms with E-state index >= 15 is 0 Å². The number of nitrogens with one attached hydrogen (secondary N) is 1. The third-order valence-corrected chi connectivity index (χ3v) is 4.12. The van der Waals surface area contributed by atoms with Crippen LogP contribution in [0, 0.1) is 0 Å². The molecule has 0 atom stereocenters. The summed E-state index contributed by atoms with van der Waals surface area (Å²) in [7, 11) is 0. The Hall–Kier alpha value is -2.44. The summed E-state index contributed by atoms with van der Waals surface area (Å²) in [6.07, 6.45) is 0. The first-order chi connectivity index (χ1) is 12.1. The van der Waals surface area contributed by atoms with E-state index < -0.39 is 0 Å². The van der Waals surface area contributed by atoms with Gasteiger partial charge in [0.05, 0.1) is 13.2 Å². The molecule has 0 saturated carbocycles. The molecule has 1 N–H and O–H groups in total. The number of halogens is 1. The molecule has 1 saturated heterocycles. The van der Waals surface area contributed by atoms with Gasteiger partial charge >= 0.3 is 0 Å². The fourth-order valence-corrected chi connectivity index (χ4v) is 2.61. The molecule has 1 aliphatic heterocycles. The van der Waals surface area contributed by atoms with Crippen LogP contribution in [0.1, 0.15) is 26.5 Å². The zero-order chi connectivity index (χ0) is 17.6. The van der Waals surface area contributed by atoms with Crippen LogP contribution in [0.15, 0.2) is 42.5 Å². The number of morpholine rings is 1. The van der Waals surface area contributed by atoms with Crippen LogP contribution in [0.4, 0.5) is 0 Å². The predicted molar refractivity (Wildman–Crippen MR) is 93.6 cm³/mol. The van der Waals surface area contributed by atoms with Crippen molar-refractivity contribution in [2.75, 3.05) is 26.3 Å². The van der Waals surface area contributed by atoms with Gasteiger partial charge in [0.2, 0.25) is 0 Å². The Labute approximate surface area is 150 Å². The lowest BCUT2D eigenvalue weighted by molar-refractivity contribution is 0.0299. The van der Waals surface area contributed by atoms with Crippen LogP contribution in [0.25, 0.3) is 0 Å². The van der Waals surface area contributed by atoms with Crippen molar-refractivity contribution >= 4 is 23.4 Å². The predicted octanol–water partition coefficient (Wildman–Crippen LogP) is 2.14. The molecule has 0 radical (unpaired) electrons. The molecule has 25 heavy (non-hydrogen) atoms. The normalized spacial score (nSPS) is 14.2. The highest BCUT2D eigenvalue weighted by atomic mass is 35.5. The summed E-state index contributed by atoms with van der Waals surface area (Å²) < 4.78 is 5.24. The molecule has 6 nitrogen and oxygen atoms in total. The van der Waals surface area contributed by atoms with E-state index in [0.29, 0.717) is 37.9 Å². The quantitative estimate of drug-likeness (QED) is 0.907. The van der Waals surface area contributed by atoms with Crippen LogP contribution in [-0.2, 0) is 11.3 Å². The van der Waals surface area contributed by atoms with Crippen molar-refractivity contribution in [2.45, 2.75) is 6.54 Å². The summed E-state index contributed by atoms with van der Waals surface area (Å²) in [5.74, 6) is -0.512. The van der Waals surface area contributed by atoms with Gasteiger partial charge < -0.3 is 15.0 Å². The number of nitrogens with zero attached hydrogens (tertiary/aromatic N) is 2. The number of aromatic nitrogens is 1. The minimum Gasteiger partial charge on any atom is -0.378 e. The molecule has 2 amide bonds. The Kier molecular flexibility index (Phi) is 5.63. The van der Waals surface area contributed by atoms with E-state index in [9.17, 15) is 9.59 Å². The molecule has 1 aromatic heterocycles. The molecule has 0 unspecified atom stereocenters. The zero-order valence-corrected chi connectivity index (χ0v) is 14.3. The van der Waals surface area contributed by atoms with Crippen molar-refractivity contribution in [3.8, 4) is 0 Å². The van der Waals surface area contributed by atoms with E-state index in [0.717, 1.165) is 5.56 Å². The van der Waals surface area contributed by atoms with Crippen LogP contribution < -0.4 is 5.32 Å². The Morgan fingerprint density at radius 3 is 2.48 bits per heavy atom. The summed E-state index contributed by atoms with van der Waals surface area (Å²) >= 11 is 5.84. The van der Waals surface area contributed by atoms with E-state index in [1.807, 2.05) is 12.1 Å². The first-order valence-corrected chi connectivity index (χ1v) is 8.38. The van der Waals surface area contributed by atoms with Gasteiger partial charge in [0.15, 0.2) is 0 Å². The van der Waals surface area contributed by atoms with Gasteiger partial charge in [-0.2, -0.15) is 0 Å². The van der Waals surface area contributed by atoms with E-state index in [1.54, 1.807) is 35.2 Å². The van der Waals surface area contributed by atoms with Crippen LogP contribution in [0.3, 0.4) is 0 Å². The maximum atomic E-state index is 12.4. The number of pyridine rings is 1. The fourth-order valence-electron chi connectivity index (χ4n) is 2.48. The van der Waals surface area contributed by atoms with Crippen molar-refractivity contribution < 1.29 is 14.3 Å². The highest BCUT2D eigenvalue weighted by Crippen LogP contribution is 2.10. The molecule has 7 heteroatoms. The lowest BCUT2D eigenvalue weighted by Crippen LogP contribution is -2.41. The largest absolute Gasteiger partial charge is 0.378 e. The summed E-state index contributed by atoms with van der Waals surface area (Å²) in [5.41, 5.74) is 1.41. The average Bonchev–Trinajstić information content (AvgIpc) is 2.67. The number of amides is 2. The van der Waals surface area contributed by atoms with Crippen molar-refractivity contribution in [2.24, 2.45) is 0 Å². The number of benzene rings is 1. The van der Waals surface area contributed by atoms with Gasteiger partial charge in [-0.1, -0.05) is 29.8 Å². The molecule has 0 bridgehead atoms. The first-order valence-electron chi connectivity index (χ1n) is 8.00. The van der Waals surface area contributed by atoms with Crippen LogP contribution >= 0.6 is 11.6 Å². The summed E-state index contributed by atoms with van der Waals surface area (Å²) in [6.45, 7) is 2.47. The van der Waals surface area contributed by atoms with Crippen LogP contribution in [0.2, 0.25) is 5.02 Å². The summed E-state index contributed by atoms with van der Waals surface area (Å²) in [6, 6.07) is 12.1. The standard InChI is InChI=1S/C18H18ClN3O3/c19-14-6-4-13(5-7-14)12-20-17(23)15-2-1-3-16(21-15)18(24)22-8-10-25-11-9-22/h1-7H,8-12H2,(H,20,23). The molecule has 1 aliphatic rings. The molecule has 130 valence electrons. The van der Waals surface area contributed by atoms with E-state index in [1.165, 1.54) is 0 Å². The average molecular weight is 360 g/mol. The molecule has 3 rings (SSSR count). The minimum absolute atomic E-state index is 0.185. The van der Waals surface area contributed by atoms with Crippen LogP contribution in [0.5, 0.6) is 0 Å². The van der Waals surface area contributed by atoms with Crippen molar-refractivity contribution in [1.82, 2.24) is 15.2 Å². The monoisotopic (exact) mass is 359 g/mol. The lowest BCUT2D eigenvalue weighted by Gasteiger charge is -2.26. The first kappa shape index (κ1) is 17.4. The maximum absolute atomic E-state index is 12.4. The highest BCUT2D eigenvalue weighted by Gasteiger charge is 2.20. The Morgan fingerprint density at radius 2 is 1.76 bits per heavy atom. The second-order valence-electron chi connectivity index (χ2n) is 5.62. The van der Waals surface area contributed by atoms with Gasteiger partial charge in [-0.05, 0) is 29.8 Å². The number of hydrogen-bond acceptors (Lipinski definition) is 4. The van der Waals surface area contributed by atoms with Gasteiger partial charge in [-0.25, -0.2) is 4.98 Å². The second-order valence-corrected chi connectivity index (χ2v) is 6.06. The van der Waals surface area contributed by atoms with Gasteiger partial charge in [0.1, 0.15) is 11.4 Å². The Morgan fingerprint density at radius 1 is 1.08 bits per heavy atom.